The molecule has 0 spiro atoms. The summed E-state index contributed by atoms with van der Waals surface area (Å²) in [5.74, 6) is -0.597. The highest BCUT2D eigenvalue weighted by Gasteiger charge is 2.38. The molecule has 2 rings (SSSR count). The minimum atomic E-state index is -0.761. The third-order valence-electron chi connectivity index (χ3n) is 3.17. The summed E-state index contributed by atoms with van der Waals surface area (Å²) in [5, 5.41) is 14.9. The van der Waals surface area contributed by atoms with Crippen LogP contribution in [0.5, 0.6) is 0 Å². The van der Waals surface area contributed by atoms with E-state index in [1.165, 1.54) is 11.3 Å². The number of urea groups is 1. The zero-order valence-corrected chi connectivity index (χ0v) is 13.4. The van der Waals surface area contributed by atoms with Gasteiger partial charge >= 0.3 is 6.03 Å². The summed E-state index contributed by atoms with van der Waals surface area (Å²) in [5.41, 5.74) is 0. The largest absolute Gasteiger partial charge is 0.356 e. The minimum absolute atomic E-state index is 0.0417. The Labute approximate surface area is 132 Å². The van der Waals surface area contributed by atoms with E-state index in [1.807, 2.05) is 13.8 Å². The van der Waals surface area contributed by atoms with E-state index in [1.54, 1.807) is 0 Å². The van der Waals surface area contributed by atoms with Crippen LogP contribution in [-0.2, 0) is 16.0 Å². The Kier molecular flexibility index (Phi) is 5.42. The molecule has 1 aliphatic rings. The van der Waals surface area contributed by atoms with E-state index in [9.17, 15) is 14.4 Å². The average Bonchev–Trinajstić information content (AvgIpc) is 2.98. The predicted octanol–water partition coefficient (Wildman–Crippen LogP) is 0.226. The first-order valence-corrected chi connectivity index (χ1v) is 8.00. The highest BCUT2D eigenvalue weighted by atomic mass is 32.1. The highest BCUT2D eigenvalue weighted by Crippen LogP contribution is 2.10. The molecule has 1 fully saturated rings. The SMILES string of the molecule is CCCN1C(=O)N[C@H](CC(=O)NCCc2nnc(C)s2)C1=O. The molecule has 8 nitrogen and oxygen atoms in total. The van der Waals surface area contributed by atoms with E-state index >= 15 is 0 Å². The summed E-state index contributed by atoms with van der Waals surface area (Å²) in [6.07, 6.45) is 1.25. The first-order valence-electron chi connectivity index (χ1n) is 7.18. The van der Waals surface area contributed by atoms with Crippen LogP contribution in [0, 0.1) is 6.92 Å². The molecule has 0 unspecified atom stereocenters. The number of aromatic nitrogens is 2. The van der Waals surface area contributed by atoms with Gasteiger partial charge in [0.1, 0.15) is 16.1 Å². The molecular weight excluding hydrogens is 306 g/mol. The lowest BCUT2D eigenvalue weighted by molar-refractivity contribution is -0.130. The van der Waals surface area contributed by atoms with Gasteiger partial charge in [0.2, 0.25) is 5.91 Å². The van der Waals surface area contributed by atoms with Crippen molar-refractivity contribution in [1.82, 2.24) is 25.7 Å². The topological polar surface area (TPSA) is 104 Å². The Morgan fingerprint density at radius 1 is 1.41 bits per heavy atom. The molecule has 0 bridgehead atoms. The molecule has 9 heteroatoms. The van der Waals surface area contributed by atoms with Crippen LogP contribution in [0.2, 0.25) is 0 Å². The second kappa shape index (κ2) is 7.30. The van der Waals surface area contributed by atoms with Crippen LogP contribution in [0.1, 0.15) is 29.8 Å². The van der Waals surface area contributed by atoms with Crippen molar-refractivity contribution in [3.63, 3.8) is 0 Å². The number of aryl methyl sites for hydroxylation is 1. The lowest BCUT2D eigenvalue weighted by Gasteiger charge is -2.11. The number of carbonyl (C=O) groups is 3. The van der Waals surface area contributed by atoms with Crippen LogP contribution in [0.25, 0.3) is 0 Å². The van der Waals surface area contributed by atoms with Crippen LogP contribution >= 0.6 is 11.3 Å². The molecule has 0 aromatic carbocycles. The van der Waals surface area contributed by atoms with Gasteiger partial charge in [-0.1, -0.05) is 6.92 Å². The summed E-state index contributed by atoms with van der Waals surface area (Å²) >= 11 is 1.49. The van der Waals surface area contributed by atoms with E-state index in [0.717, 1.165) is 14.9 Å². The van der Waals surface area contributed by atoms with Gasteiger partial charge < -0.3 is 10.6 Å². The monoisotopic (exact) mass is 325 g/mol. The maximum Gasteiger partial charge on any atom is 0.324 e. The van der Waals surface area contributed by atoms with Gasteiger partial charge in [-0.25, -0.2) is 4.79 Å². The second-order valence-corrected chi connectivity index (χ2v) is 6.28. The molecule has 0 radical (unpaired) electrons. The van der Waals surface area contributed by atoms with Gasteiger partial charge in [-0.2, -0.15) is 0 Å². The minimum Gasteiger partial charge on any atom is -0.356 e. The molecular formula is C13H19N5O3S. The summed E-state index contributed by atoms with van der Waals surface area (Å²) in [6, 6.07) is -1.18. The molecule has 22 heavy (non-hydrogen) atoms. The molecule has 1 aromatic heterocycles. The van der Waals surface area contributed by atoms with Gasteiger partial charge in [-0.15, -0.1) is 21.5 Å². The number of hydrogen-bond donors (Lipinski definition) is 2. The normalized spacial score (nSPS) is 17.7. The number of rotatable bonds is 7. The number of carbonyl (C=O) groups excluding carboxylic acids is 3. The van der Waals surface area contributed by atoms with E-state index in [0.29, 0.717) is 25.9 Å². The summed E-state index contributed by atoms with van der Waals surface area (Å²) < 4.78 is 0. The van der Waals surface area contributed by atoms with Crippen LogP contribution in [0.15, 0.2) is 0 Å². The molecule has 1 saturated heterocycles. The predicted molar refractivity (Wildman–Crippen MR) is 80.3 cm³/mol. The first kappa shape index (κ1) is 16.3. The standard InChI is InChI=1S/C13H19N5O3S/c1-3-6-18-12(20)9(15-13(18)21)7-10(19)14-5-4-11-17-16-8(2)22-11/h9H,3-7H2,1-2H3,(H,14,19)(H,15,21)/t9-/m1/s1. The van der Waals surface area contributed by atoms with Crippen molar-refractivity contribution in [2.24, 2.45) is 0 Å². The number of imide groups is 1. The number of nitrogens with one attached hydrogen (secondary N) is 2. The van der Waals surface area contributed by atoms with Crippen molar-refractivity contribution in [3.8, 4) is 0 Å². The Hall–Kier alpha value is -2.03. The fourth-order valence-corrected chi connectivity index (χ4v) is 2.86. The molecule has 1 aliphatic heterocycles. The molecule has 1 atom stereocenters. The van der Waals surface area contributed by atoms with E-state index in [-0.39, 0.29) is 18.2 Å². The van der Waals surface area contributed by atoms with Crippen molar-refractivity contribution in [3.05, 3.63) is 10.0 Å². The molecule has 4 amide bonds. The lowest BCUT2D eigenvalue weighted by atomic mass is 10.2. The van der Waals surface area contributed by atoms with Crippen LogP contribution < -0.4 is 10.6 Å². The van der Waals surface area contributed by atoms with Crippen LogP contribution in [-0.4, -0.2) is 52.1 Å². The number of amides is 4. The fraction of sp³-hybridized carbons (Fsp3) is 0.615. The average molecular weight is 325 g/mol. The summed E-state index contributed by atoms with van der Waals surface area (Å²) in [6.45, 7) is 4.56. The van der Waals surface area contributed by atoms with Gasteiger partial charge in [-0.3, -0.25) is 14.5 Å². The Balaban J connectivity index is 1.75. The number of hydrogen-bond acceptors (Lipinski definition) is 6. The third kappa shape index (κ3) is 4.00. The molecule has 2 N–H and O–H groups in total. The first-order chi connectivity index (χ1) is 10.5. The van der Waals surface area contributed by atoms with Crippen molar-refractivity contribution < 1.29 is 14.4 Å². The molecule has 0 aliphatic carbocycles. The Bertz CT molecular complexity index is 574. The lowest BCUT2D eigenvalue weighted by Crippen LogP contribution is -2.37. The van der Waals surface area contributed by atoms with E-state index in [4.69, 9.17) is 0 Å². The summed E-state index contributed by atoms with van der Waals surface area (Å²) in [7, 11) is 0. The zero-order valence-electron chi connectivity index (χ0n) is 12.6. The van der Waals surface area contributed by atoms with Crippen molar-refractivity contribution in [2.45, 2.75) is 39.2 Å². The van der Waals surface area contributed by atoms with Gasteiger partial charge in [-0.05, 0) is 13.3 Å². The fourth-order valence-electron chi connectivity index (χ4n) is 2.16. The van der Waals surface area contributed by atoms with Gasteiger partial charge in [0, 0.05) is 19.5 Å². The number of nitrogens with zero attached hydrogens (tertiary/aromatic N) is 3. The van der Waals surface area contributed by atoms with Crippen LogP contribution in [0.4, 0.5) is 4.79 Å². The molecule has 0 saturated carbocycles. The van der Waals surface area contributed by atoms with E-state index < -0.39 is 12.1 Å². The summed E-state index contributed by atoms with van der Waals surface area (Å²) in [4.78, 5) is 36.6. The smallest absolute Gasteiger partial charge is 0.324 e. The highest BCUT2D eigenvalue weighted by molar-refractivity contribution is 7.11. The zero-order chi connectivity index (χ0) is 16.1. The van der Waals surface area contributed by atoms with Gasteiger partial charge in [0.25, 0.3) is 5.91 Å². The van der Waals surface area contributed by atoms with Crippen LogP contribution in [0.3, 0.4) is 0 Å². The quantitative estimate of drug-likeness (QED) is 0.698. The molecule has 120 valence electrons. The van der Waals surface area contributed by atoms with Crippen molar-refractivity contribution >= 4 is 29.2 Å². The Morgan fingerprint density at radius 3 is 2.82 bits per heavy atom. The van der Waals surface area contributed by atoms with Gasteiger partial charge in [0.05, 0.1) is 6.42 Å². The maximum atomic E-state index is 12.0. The van der Waals surface area contributed by atoms with Crippen molar-refractivity contribution in [1.29, 1.82) is 0 Å². The van der Waals surface area contributed by atoms with Crippen molar-refractivity contribution in [2.75, 3.05) is 13.1 Å². The Morgan fingerprint density at radius 2 is 2.18 bits per heavy atom. The maximum absolute atomic E-state index is 12.0. The molecule has 1 aromatic rings. The second-order valence-electron chi connectivity index (χ2n) is 5.01. The van der Waals surface area contributed by atoms with Gasteiger partial charge in [0.15, 0.2) is 0 Å². The molecule has 2 heterocycles. The third-order valence-corrected chi connectivity index (χ3v) is 4.07. The van der Waals surface area contributed by atoms with E-state index in [2.05, 4.69) is 20.8 Å².